The molecule has 1 aromatic carbocycles. The van der Waals surface area contributed by atoms with Crippen molar-refractivity contribution >= 4 is 23.2 Å². The zero-order valence-corrected chi connectivity index (χ0v) is 23.9. The Morgan fingerprint density at radius 3 is 2.43 bits per heavy atom. The van der Waals surface area contributed by atoms with Crippen LogP contribution in [0.15, 0.2) is 35.7 Å². The number of carbonyl (C=O) groups excluding carboxylic acids is 2. The molecule has 2 aromatic rings. The Labute approximate surface area is 227 Å². The molecule has 0 saturated carbocycles. The number of hydrogen-bond donors (Lipinski definition) is 0. The second kappa shape index (κ2) is 13.6. The van der Waals surface area contributed by atoms with Crippen LogP contribution in [0.25, 0.3) is 0 Å². The third kappa shape index (κ3) is 7.23. The van der Waals surface area contributed by atoms with Gasteiger partial charge in [-0.15, -0.1) is 11.3 Å². The van der Waals surface area contributed by atoms with Crippen LogP contribution in [-0.2, 0) is 16.0 Å². The van der Waals surface area contributed by atoms with E-state index < -0.39 is 0 Å². The highest BCUT2D eigenvalue weighted by molar-refractivity contribution is 7.10. The maximum atomic E-state index is 13.2. The average molecular weight is 524 g/mol. The van der Waals surface area contributed by atoms with E-state index in [1.54, 1.807) is 0 Å². The average Bonchev–Trinajstić information content (AvgIpc) is 3.38. The molecule has 2 unspecified atom stereocenters. The van der Waals surface area contributed by atoms with Crippen LogP contribution in [0, 0.1) is 6.92 Å². The Kier molecular flexibility index (Phi) is 10.2. The quantitative estimate of drug-likeness (QED) is 0.329. The molecular formula is C31H45N3O2S. The molecule has 1 saturated heterocycles. The molecule has 1 aromatic heterocycles. The minimum absolute atomic E-state index is 0.0916. The van der Waals surface area contributed by atoms with Crippen molar-refractivity contribution in [2.45, 2.75) is 90.6 Å². The van der Waals surface area contributed by atoms with Gasteiger partial charge in [0.2, 0.25) is 11.8 Å². The zero-order valence-electron chi connectivity index (χ0n) is 23.1. The maximum absolute atomic E-state index is 13.2. The molecule has 2 aliphatic heterocycles. The number of fused-ring (bicyclic) bond motifs is 1. The summed E-state index contributed by atoms with van der Waals surface area (Å²) >= 11 is 1.85. The van der Waals surface area contributed by atoms with E-state index in [9.17, 15) is 9.59 Å². The lowest BCUT2D eigenvalue weighted by Gasteiger charge is -2.41. The molecule has 2 aliphatic rings. The molecular weight excluding hydrogens is 478 g/mol. The molecule has 2 amide bonds. The number of rotatable bonds is 11. The van der Waals surface area contributed by atoms with Gasteiger partial charge in [0.05, 0.1) is 6.04 Å². The van der Waals surface area contributed by atoms with Crippen molar-refractivity contribution in [1.29, 1.82) is 0 Å². The van der Waals surface area contributed by atoms with Gasteiger partial charge in [-0.05, 0) is 49.3 Å². The predicted octanol–water partition coefficient (Wildman–Crippen LogP) is 6.20. The fourth-order valence-electron chi connectivity index (χ4n) is 5.90. The van der Waals surface area contributed by atoms with Crippen molar-refractivity contribution in [3.05, 3.63) is 57.3 Å². The molecule has 0 radical (unpaired) electrons. The Morgan fingerprint density at radius 1 is 0.919 bits per heavy atom. The van der Waals surface area contributed by atoms with Gasteiger partial charge in [0.15, 0.2) is 0 Å². The van der Waals surface area contributed by atoms with Crippen LogP contribution >= 0.6 is 11.3 Å². The number of aryl methyl sites for hydroxylation is 1. The highest BCUT2D eigenvalue weighted by atomic mass is 32.1. The highest BCUT2D eigenvalue weighted by Gasteiger charge is 2.32. The van der Waals surface area contributed by atoms with Crippen LogP contribution in [0.1, 0.15) is 92.8 Å². The van der Waals surface area contributed by atoms with E-state index >= 15 is 0 Å². The summed E-state index contributed by atoms with van der Waals surface area (Å²) in [5, 5.41) is 2.20. The van der Waals surface area contributed by atoms with E-state index in [1.807, 2.05) is 21.1 Å². The Morgan fingerprint density at radius 2 is 1.68 bits per heavy atom. The molecule has 5 nitrogen and oxygen atoms in total. The van der Waals surface area contributed by atoms with Crippen LogP contribution in [0.5, 0.6) is 0 Å². The van der Waals surface area contributed by atoms with Gasteiger partial charge in [0, 0.05) is 56.5 Å². The zero-order chi connectivity index (χ0) is 26.2. The second-order valence-corrected chi connectivity index (χ2v) is 11.9. The van der Waals surface area contributed by atoms with Crippen LogP contribution in [0.4, 0.5) is 0 Å². The molecule has 0 spiro atoms. The number of carbonyl (C=O) groups is 2. The first kappa shape index (κ1) is 27.8. The SMILES string of the molecule is CCCCCCCCC(=O)N1CCN(C(=O)CCN2CCc3sccc3C2c2ccc(C)cc2)CC1C. The minimum Gasteiger partial charge on any atom is -0.339 e. The molecule has 1 fully saturated rings. The molecule has 6 heteroatoms. The van der Waals surface area contributed by atoms with Crippen LogP contribution in [0.2, 0.25) is 0 Å². The first-order chi connectivity index (χ1) is 18.0. The van der Waals surface area contributed by atoms with Crippen LogP contribution in [0.3, 0.4) is 0 Å². The van der Waals surface area contributed by atoms with Crippen molar-refractivity contribution in [3.8, 4) is 0 Å². The lowest BCUT2D eigenvalue weighted by molar-refractivity contribution is -0.142. The summed E-state index contributed by atoms with van der Waals surface area (Å²) in [5.41, 5.74) is 3.98. The normalized spacial score (nSPS) is 20.2. The predicted molar refractivity (Wildman–Crippen MR) is 153 cm³/mol. The van der Waals surface area contributed by atoms with Gasteiger partial charge in [-0.25, -0.2) is 0 Å². The van der Waals surface area contributed by atoms with E-state index in [0.717, 1.165) is 32.4 Å². The van der Waals surface area contributed by atoms with Crippen molar-refractivity contribution in [3.63, 3.8) is 0 Å². The largest absolute Gasteiger partial charge is 0.339 e. The van der Waals surface area contributed by atoms with Gasteiger partial charge >= 0.3 is 0 Å². The summed E-state index contributed by atoms with van der Waals surface area (Å²) < 4.78 is 0. The summed E-state index contributed by atoms with van der Waals surface area (Å²) in [7, 11) is 0. The van der Waals surface area contributed by atoms with Gasteiger partial charge in [-0.2, -0.15) is 0 Å². The molecule has 202 valence electrons. The van der Waals surface area contributed by atoms with Crippen LogP contribution in [-0.4, -0.2) is 65.3 Å². The molecule has 0 aliphatic carbocycles. The number of piperazine rings is 1. The van der Waals surface area contributed by atoms with E-state index in [4.69, 9.17) is 0 Å². The van der Waals surface area contributed by atoms with Gasteiger partial charge in [-0.1, -0.05) is 68.9 Å². The standard InChI is InChI=1S/C31H45N3O2S/c1-4-5-6-7-8-9-10-30(36)34-21-20-33(23-25(34)3)29(35)16-19-32-18-15-28-27(17-22-37-28)31(32)26-13-11-24(2)12-14-26/h11-14,17,22,25,31H,4-10,15-16,18-21,23H2,1-3H3. The first-order valence-electron chi connectivity index (χ1n) is 14.4. The second-order valence-electron chi connectivity index (χ2n) is 10.9. The van der Waals surface area contributed by atoms with Crippen molar-refractivity contribution in [2.75, 3.05) is 32.7 Å². The fourth-order valence-corrected chi connectivity index (χ4v) is 6.80. The Bertz CT molecular complexity index is 1020. The highest BCUT2D eigenvalue weighted by Crippen LogP contribution is 2.37. The van der Waals surface area contributed by atoms with Crippen molar-refractivity contribution < 1.29 is 9.59 Å². The summed E-state index contributed by atoms with van der Waals surface area (Å²) in [5.74, 6) is 0.476. The van der Waals surface area contributed by atoms with Gasteiger partial charge < -0.3 is 9.80 Å². The van der Waals surface area contributed by atoms with E-state index in [-0.39, 0.29) is 23.9 Å². The molecule has 0 bridgehead atoms. The maximum Gasteiger partial charge on any atom is 0.223 e. The number of unbranched alkanes of at least 4 members (excludes halogenated alkanes) is 5. The number of thiophene rings is 1. The first-order valence-corrected chi connectivity index (χ1v) is 15.3. The fraction of sp³-hybridized carbons (Fsp3) is 0.613. The lowest BCUT2D eigenvalue weighted by atomic mass is 9.92. The third-order valence-corrected chi connectivity index (χ3v) is 9.11. The molecule has 2 atom stereocenters. The Balaban J connectivity index is 1.27. The monoisotopic (exact) mass is 523 g/mol. The summed E-state index contributed by atoms with van der Waals surface area (Å²) in [4.78, 5) is 34.0. The van der Waals surface area contributed by atoms with E-state index in [1.165, 1.54) is 47.3 Å². The number of amides is 2. The lowest BCUT2D eigenvalue weighted by Crippen LogP contribution is -2.55. The third-order valence-electron chi connectivity index (χ3n) is 8.12. The summed E-state index contributed by atoms with van der Waals surface area (Å²) in [6, 6.07) is 11.4. The Hall–Kier alpha value is -2.18. The van der Waals surface area contributed by atoms with E-state index in [0.29, 0.717) is 32.5 Å². The molecule has 37 heavy (non-hydrogen) atoms. The number of hydrogen-bond acceptors (Lipinski definition) is 4. The summed E-state index contributed by atoms with van der Waals surface area (Å²) in [6.07, 6.45) is 9.41. The van der Waals surface area contributed by atoms with Crippen molar-refractivity contribution in [1.82, 2.24) is 14.7 Å². The van der Waals surface area contributed by atoms with Gasteiger partial charge in [-0.3, -0.25) is 14.5 Å². The number of benzene rings is 1. The minimum atomic E-state index is 0.0916. The van der Waals surface area contributed by atoms with Crippen molar-refractivity contribution in [2.24, 2.45) is 0 Å². The van der Waals surface area contributed by atoms with Crippen LogP contribution < -0.4 is 0 Å². The smallest absolute Gasteiger partial charge is 0.223 e. The molecule has 4 rings (SSSR count). The van der Waals surface area contributed by atoms with Gasteiger partial charge in [0.1, 0.15) is 0 Å². The van der Waals surface area contributed by atoms with Gasteiger partial charge in [0.25, 0.3) is 0 Å². The topological polar surface area (TPSA) is 43.9 Å². The molecule has 3 heterocycles. The summed E-state index contributed by atoms with van der Waals surface area (Å²) in [6.45, 7) is 10.2. The van der Waals surface area contributed by atoms with E-state index in [2.05, 4.69) is 61.4 Å². The number of nitrogens with zero attached hydrogens (tertiary/aromatic N) is 3. The molecule has 0 N–H and O–H groups in total.